The van der Waals surface area contributed by atoms with Crippen molar-refractivity contribution in [2.45, 2.75) is 16.5 Å². The van der Waals surface area contributed by atoms with Gasteiger partial charge in [0.25, 0.3) is 10.8 Å². The number of benzene rings is 1. The standard InChI is InChI=1S/C12H4ClF5O/c13-12(18)9(19)10(16)5-3-1-2-4-6(5)11(12,17)8(15)7(10)14/h1-4H. The van der Waals surface area contributed by atoms with Crippen molar-refractivity contribution in [3.8, 4) is 0 Å². The van der Waals surface area contributed by atoms with Crippen LogP contribution in [0.5, 0.6) is 0 Å². The molecule has 0 spiro atoms. The fourth-order valence-corrected chi connectivity index (χ4v) is 2.84. The Bertz CT molecular complexity index is 655. The topological polar surface area (TPSA) is 17.1 Å². The van der Waals surface area contributed by atoms with Crippen molar-refractivity contribution in [3.63, 3.8) is 0 Å². The zero-order valence-corrected chi connectivity index (χ0v) is 9.74. The summed E-state index contributed by atoms with van der Waals surface area (Å²) in [5.74, 6) is -6.82. The zero-order valence-electron chi connectivity index (χ0n) is 8.99. The van der Waals surface area contributed by atoms with Crippen LogP contribution in [0.15, 0.2) is 35.9 Å². The Kier molecular flexibility index (Phi) is 2.10. The van der Waals surface area contributed by atoms with Crippen LogP contribution in [-0.4, -0.2) is 10.9 Å². The number of hydrogen-bond acceptors (Lipinski definition) is 1. The minimum Gasteiger partial charge on any atom is -0.290 e. The van der Waals surface area contributed by atoms with Gasteiger partial charge in [-0.15, -0.1) is 0 Å². The molecule has 0 fully saturated rings. The quantitative estimate of drug-likeness (QED) is 0.527. The summed E-state index contributed by atoms with van der Waals surface area (Å²) in [6.45, 7) is 0. The number of ketones is 1. The van der Waals surface area contributed by atoms with Gasteiger partial charge in [0.1, 0.15) is 0 Å². The molecule has 0 saturated heterocycles. The first-order valence-corrected chi connectivity index (χ1v) is 5.54. The van der Waals surface area contributed by atoms with Crippen LogP contribution in [0.4, 0.5) is 22.0 Å². The van der Waals surface area contributed by atoms with Gasteiger partial charge in [0.2, 0.25) is 11.5 Å². The van der Waals surface area contributed by atoms with E-state index in [0.717, 1.165) is 12.1 Å². The highest BCUT2D eigenvalue weighted by Crippen LogP contribution is 2.65. The average molecular weight is 295 g/mol. The number of allylic oxidation sites excluding steroid dienone is 2. The molecule has 1 nitrogen and oxygen atoms in total. The van der Waals surface area contributed by atoms with E-state index in [1.54, 1.807) is 0 Å². The SMILES string of the molecule is O=C1C2(F)C(F)=C(F)C(F)(c3ccccc32)C1(F)Cl. The van der Waals surface area contributed by atoms with Crippen molar-refractivity contribution in [2.24, 2.45) is 0 Å². The van der Waals surface area contributed by atoms with Crippen LogP contribution < -0.4 is 0 Å². The first-order chi connectivity index (χ1) is 8.70. The summed E-state index contributed by atoms with van der Waals surface area (Å²) in [6, 6.07) is 4.11. The van der Waals surface area contributed by atoms with E-state index in [0.29, 0.717) is 0 Å². The van der Waals surface area contributed by atoms with Crippen LogP contribution in [-0.2, 0) is 16.1 Å². The lowest BCUT2D eigenvalue weighted by atomic mass is 9.64. The Morgan fingerprint density at radius 2 is 1.47 bits per heavy atom. The molecule has 0 N–H and O–H groups in total. The summed E-state index contributed by atoms with van der Waals surface area (Å²) in [7, 11) is 0. The van der Waals surface area contributed by atoms with E-state index >= 15 is 0 Å². The molecule has 3 atom stereocenters. The van der Waals surface area contributed by atoms with Crippen LogP contribution in [0.25, 0.3) is 0 Å². The third-order valence-electron chi connectivity index (χ3n) is 3.50. The van der Waals surface area contributed by atoms with Gasteiger partial charge in [-0.05, 0) is 0 Å². The van der Waals surface area contributed by atoms with Crippen LogP contribution in [0.3, 0.4) is 0 Å². The Balaban J connectivity index is 2.54. The summed E-state index contributed by atoms with van der Waals surface area (Å²) in [6.07, 6.45) is 0. The van der Waals surface area contributed by atoms with Gasteiger partial charge in [-0.2, -0.15) is 0 Å². The number of carbonyl (C=O) groups excluding carboxylic acids is 1. The molecule has 100 valence electrons. The number of fused-ring (bicyclic) bond motifs is 1. The van der Waals surface area contributed by atoms with E-state index in [4.69, 9.17) is 11.6 Å². The van der Waals surface area contributed by atoms with Crippen LogP contribution >= 0.6 is 11.6 Å². The monoisotopic (exact) mass is 294 g/mol. The normalized spacial score (nSPS) is 40.6. The fraction of sp³-hybridized carbons (Fsp3) is 0.250. The molecule has 7 heteroatoms. The van der Waals surface area contributed by atoms with Gasteiger partial charge in [-0.3, -0.25) is 4.79 Å². The zero-order chi connectivity index (χ0) is 14.2. The van der Waals surface area contributed by atoms with Gasteiger partial charge in [0.15, 0.2) is 11.7 Å². The molecular weight excluding hydrogens is 291 g/mol. The molecule has 4 rings (SSSR count). The molecule has 3 aliphatic rings. The summed E-state index contributed by atoms with van der Waals surface area (Å²) in [4.78, 5) is 11.6. The lowest BCUT2D eigenvalue weighted by Gasteiger charge is -2.47. The Hall–Kier alpha value is -1.43. The maximum atomic E-state index is 14.6. The molecule has 0 heterocycles. The summed E-state index contributed by atoms with van der Waals surface area (Å²) in [5, 5.41) is -4.03. The van der Waals surface area contributed by atoms with Gasteiger partial charge < -0.3 is 0 Å². The highest BCUT2D eigenvalue weighted by molar-refractivity contribution is 6.37. The van der Waals surface area contributed by atoms with Crippen LogP contribution in [0, 0.1) is 0 Å². The van der Waals surface area contributed by atoms with E-state index < -0.39 is 45.0 Å². The van der Waals surface area contributed by atoms with E-state index in [9.17, 15) is 26.7 Å². The Labute approximate surface area is 108 Å². The number of alkyl halides is 4. The fourth-order valence-electron chi connectivity index (χ4n) is 2.52. The molecular formula is C12H4ClF5O. The van der Waals surface area contributed by atoms with Crippen molar-refractivity contribution in [3.05, 3.63) is 47.0 Å². The maximum Gasteiger partial charge on any atom is 0.290 e. The third kappa shape index (κ3) is 1.03. The van der Waals surface area contributed by atoms with Gasteiger partial charge in [0.05, 0.1) is 0 Å². The molecule has 1 aromatic rings. The predicted molar refractivity (Wildman–Crippen MR) is 56.0 cm³/mol. The third-order valence-corrected chi connectivity index (χ3v) is 3.93. The minimum atomic E-state index is -4.03. The number of carbonyl (C=O) groups is 1. The summed E-state index contributed by atoms with van der Waals surface area (Å²) in [5.41, 5.74) is -9.19. The van der Waals surface area contributed by atoms with Gasteiger partial charge >= 0.3 is 0 Å². The molecule has 0 saturated carbocycles. The molecule has 3 aliphatic carbocycles. The van der Waals surface area contributed by atoms with Crippen molar-refractivity contribution in [2.75, 3.05) is 0 Å². The molecule has 3 unspecified atom stereocenters. The Morgan fingerprint density at radius 3 is 2.05 bits per heavy atom. The first kappa shape index (κ1) is 12.6. The lowest BCUT2D eigenvalue weighted by molar-refractivity contribution is -0.153. The second-order valence-corrected chi connectivity index (χ2v) is 4.91. The second kappa shape index (κ2) is 3.17. The van der Waals surface area contributed by atoms with Crippen molar-refractivity contribution in [1.82, 2.24) is 0 Å². The number of rotatable bonds is 0. The number of hydrogen-bond donors (Lipinski definition) is 0. The van der Waals surface area contributed by atoms with Gasteiger partial charge in [0, 0.05) is 11.1 Å². The van der Waals surface area contributed by atoms with Crippen LogP contribution in [0.2, 0.25) is 0 Å². The molecule has 0 radical (unpaired) electrons. The summed E-state index contributed by atoms with van der Waals surface area (Å²) >= 11 is 5.07. The van der Waals surface area contributed by atoms with E-state index in [2.05, 4.69) is 0 Å². The van der Waals surface area contributed by atoms with E-state index in [1.165, 1.54) is 12.1 Å². The van der Waals surface area contributed by atoms with Gasteiger partial charge in [-0.1, -0.05) is 35.9 Å². The average Bonchev–Trinajstić information content (AvgIpc) is 2.40. The smallest absolute Gasteiger partial charge is 0.290 e. The molecule has 19 heavy (non-hydrogen) atoms. The molecule has 2 bridgehead atoms. The summed E-state index contributed by atoms with van der Waals surface area (Å²) < 4.78 is 70.5. The maximum absolute atomic E-state index is 14.6. The van der Waals surface area contributed by atoms with Crippen molar-refractivity contribution >= 4 is 17.4 Å². The highest BCUT2D eigenvalue weighted by Gasteiger charge is 2.78. The van der Waals surface area contributed by atoms with E-state index in [1.807, 2.05) is 0 Å². The molecule has 1 aromatic carbocycles. The van der Waals surface area contributed by atoms with Crippen LogP contribution in [0.1, 0.15) is 11.1 Å². The second-order valence-electron chi connectivity index (χ2n) is 4.39. The van der Waals surface area contributed by atoms with E-state index in [-0.39, 0.29) is 0 Å². The molecule has 0 aliphatic heterocycles. The lowest BCUT2D eigenvalue weighted by Crippen LogP contribution is -2.63. The minimum absolute atomic E-state index is 0.768. The van der Waals surface area contributed by atoms with Crippen molar-refractivity contribution < 1.29 is 26.7 Å². The number of halogens is 6. The largest absolute Gasteiger partial charge is 0.290 e. The highest BCUT2D eigenvalue weighted by atomic mass is 35.5. The number of Topliss-reactive ketones (excluding diaryl/α,β-unsaturated/α-hetero) is 1. The van der Waals surface area contributed by atoms with Crippen molar-refractivity contribution in [1.29, 1.82) is 0 Å². The van der Waals surface area contributed by atoms with Gasteiger partial charge in [-0.25, -0.2) is 22.0 Å². The first-order valence-electron chi connectivity index (χ1n) is 5.17. The molecule has 0 amide bonds. The predicted octanol–water partition coefficient (Wildman–Crippen LogP) is 3.67. The molecule has 0 aromatic heterocycles. The Morgan fingerprint density at radius 1 is 0.947 bits per heavy atom.